The average Bonchev–Trinajstić information content (AvgIpc) is 3.27. The number of hydrogen-bond acceptors (Lipinski definition) is 8. The Balaban J connectivity index is 1.58. The minimum absolute atomic E-state index is 0.0434. The van der Waals surface area contributed by atoms with E-state index in [-0.39, 0.29) is 28.8 Å². The van der Waals surface area contributed by atoms with Gasteiger partial charge < -0.3 is 23.9 Å². The number of aromatic nitrogens is 4. The molecule has 1 N–H and O–H groups in total. The van der Waals surface area contributed by atoms with Crippen molar-refractivity contribution in [2.24, 2.45) is 5.92 Å². The lowest BCUT2D eigenvalue weighted by Gasteiger charge is -2.33. The van der Waals surface area contributed by atoms with Crippen molar-refractivity contribution in [3.05, 3.63) is 34.5 Å². The third-order valence-electron chi connectivity index (χ3n) is 7.29. The number of ether oxygens (including phenoxy) is 2. The molecule has 0 unspecified atom stereocenters. The lowest BCUT2D eigenvalue weighted by Crippen LogP contribution is -2.48. The number of aromatic amines is 1. The molecule has 0 aromatic carbocycles. The van der Waals surface area contributed by atoms with Crippen LogP contribution < -0.4 is 10.3 Å². The van der Waals surface area contributed by atoms with Crippen LogP contribution in [0.2, 0.25) is 0 Å². The highest BCUT2D eigenvalue weighted by molar-refractivity contribution is 7.89. The number of piperazine rings is 1. The number of nitrogens with zero attached hydrogens (tertiary/aromatic N) is 5. The Labute approximate surface area is 216 Å². The highest BCUT2D eigenvalue weighted by Gasteiger charge is 2.30. The SMILES string of the molecule is CCN1CCN(S(=O)(=O)c2cnc(OCCOC)c(-c3nc4c5n(cc4c(=O)[nH]3)CC[C@@H](C)C5)c2)CC1. The number of methoxy groups -OCH3 is 1. The molecule has 0 bridgehead atoms. The minimum atomic E-state index is -3.79. The summed E-state index contributed by atoms with van der Waals surface area (Å²) in [5.74, 6) is 0.916. The van der Waals surface area contributed by atoms with E-state index in [1.807, 2.05) is 6.20 Å². The van der Waals surface area contributed by atoms with Gasteiger partial charge in [-0.3, -0.25) is 4.79 Å². The summed E-state index contributed by atoms with van der Waals surface area (Å²) in [4.78, 5) is 27.4. The van der Waals surface area contributed by atoms with Gasteiger partial charge in [-0.25, -0.2) is 18.4 Å². The normalized spacial score (nSPS) is 19.3. The van der Waals surface area contributed by atoms with Gasteiger partial charge in [0, 0.05) is 51.7 Å². The molecule has 0 aliphatic carbocycles. The molecule has 5 heterocycles. The zero-order valence-electron chi connectivity index (χ0n) is 21.6. The van der Waals surface area contributed by atoms with Gasteiger partial charge in [0.25, 0.3) is 5.56 Å². The molecule has 0 amide bonds. The summed E-state index contributed by atoms with van der Waals surface area (Å²) in [6, 6.07) is 1.51. The zero-order chi connectivity index (χ0) is 26.2. The Morgan fingerprint density at radius 1 is 1.16 bits per heavy atom. The number of likely N-dealkylation sites (N-methyl/N-ethyl adjacent to an activating group) is 1. The molecule has 5 rings (SSSR count). The van der Waals surface area contributed by atoms with Gasteiger partial charge in [-0.15, -0.1) is 0 Å². The summed E-state index contributed by atoms with van der Waals surface area (Å²) < 4.78 is 41.5. The second-order valence-electron chi connectivity index (χ2n) is 9.75. The van der Waals surface area contributed by atoms with Crippen LogP contribution in [0.1, 0.15) is 26.0 Å². The van der Waals surface area contributed by atoms with Gasteiger partial charge in [0.1, 0.15) is 17.3 Å². The number of pyridine rings is 1. The van der Waals surface area contributed by atoms with Gasteiger partial charge in [0.2, 0.25) is 15.9 Å². The first-order valence-corrected chi connectivity index (χ1v) is 14.2. The van der Waals surface area contributed by atoms with E-state index >= 15 is 0 Å². The Kier molecular flexibility index (Phi) is 7.35. The second-order valence-corrected chi connectivity index (χ2v) is 11.7. The monoisotopic (exact) mass is 530 g/mol. The smallest absolute Gasteiger partial charge is 0.260 e. The van der Waals surface area contributed by atoms with E-state index in [0.717, 1.165) is 31.6 Å². The molecule has 0 saturated carbocycles. The standard InChI is InChI=1S/C25H34N6O5S/c1-4-29-7-9-31(10-8-29)37(33,34)18-14-19(25(26-15-18)36-12-11-35-3)23-27-22-20(24(32)28-23)16-30-6-5-17(2)13-21(22)30/h14-17H,4-13H2,1-3H3,(H,27,28,32)/t17-/m1/s1. The van der Waals surface area contributed by atoms with Crippen molar-refractivity contribution in [1.82, 2.24) is 28.7 Å². The minimum Gasteiger partial charge on any atom is -0.475 e. The van der Waals surface area contributed by atoms with E-state index in [1.165, 1.54) is 16.6 Å². The Morgan fingerprint density at radius 3 is 2.68 bits per heavy atom. The Hall–Kier alpha value is -2.80. The van der Waals surface area contributed by atoms with E-state index in [4.69, 9.17) is 14.5 Å². The van der Waals surface area contributed by atoms with Gasteiger partial charge in [0.05, 0.1) is 29.3 Å². The van der Waals surface area contributed by atoms with E-state index < -0.39 is 10.0 Å². The summed E-state index contributed by atoms with van der Waals surface area (Å²) in [5, 5.41) is 0.528. The van der Waals surface area contributed by atoms with Crippen LogP contribution in [0.4, 0.5) is 0 Å². The summed E-state index contributed by atoms with van der Waals surface area (Å²) in [6.07, 6.45) is 5.04. The van der Waals surface area contributed by atoms with E-state index in [2.05, 4.69) is 33.3 Å². The number of H-pyrrole nitrogens is 1. The number of fused-ring (bicyclic) bond motifs is 3. The summed E-state index contributed by atoms with van der Waals surface area (Å²) in [6.45, 7) is 8.71. The van der Waals surface area contributed by atoms with E-state index in [1.54, 1.807) is 7.11 Å². The molecule has 2 aliphatic rings. The molecule has 3 aromatic rings. The average molecular weight is 531 g/mol. The molecule has 11 nitrogen and oxygen atoms in total. The highest BCUT2D eigenvalue weighted by Crippen LogP contribution is 2.32. The fraction of sp³-hybridized carbons (Fsp3) is 0.560. The van der Waals surface area contributed by atoms with Gasteiger partial charge in [0.15, 0.2) is 0 Å². The topological polar surface area (TPSA) is 123 Å². The molecule has 0 spiro atoms. The van der Waals surface area contributed by atoms with Crippen LogP contribution in [-0.2, 0) is 27.7 Å². The molecular formula is C25H34N6O5S. The number of nitrogens with one attached hydrogen (secondary N) is 1. The first-order chi connectivity index (χ1) is 17.8. The van der Waals surface area contributed by atoms with Crippen molar-refractivity contribution >= 4 is 20.9 Å². The highest BCUT2D eigenvalue weighted by atomic mass is 32.2. The van der Waals surface area contributed by atoms with Gasteiger partial charge in [-0.1, -0.05) is 13.8 Å². The number of rotatable bonds is 8. The van der Waals surface area contributed by atoms with Gasteiger partial charge >= 0.3 is 0 Å². The number of sulfonamides is 1. The zero-order valence-corrected chi connectivity index (χ0v) is 22.4. The van der Waals surface area contributed by atoms with Gasteiger partial charge in [-0.05, 0) is 31.4 Å². The molecule has 200 valence electrons. The fourth-order valence-electron chi connectivity index (χ4n) is 5.04. The molecule has 1 fully saturated rings. The number of aryl methyl sites for hydroxylation is 1. The third kappa shape index (κ3) is 5.02. The van der Waals surface area contributed by atoms with Crippen molar-refractivity contribution in [3.8, 4) is 17.3 Å². The maximum Gasteiger partial charge on any atom is 0.260 e. The predicted molar refractivity (Wildman–Crippen MR) is 139 cm³/mol. The van der Waals surface area contributed by atoms with Crippen LogP contribution >= 0.6 is 0 Å². The lowest BCUT2D eigenvalue weighted by atomic mass is 9.98. The van der Waals surface area contributed by atoms with Crippen molar-refractivity contribution in [3.63, 3.8) is 0 Å². The quantitative estimate of drug-likeness (QED) is 0.437. The van der Waals surface area contributed by atoms with Crippen LogP contribution in [0.3, 0.4) is 0 Å². The summed E-state index contributed by atoms with van der Waals surface area (Å²) >= 11 is 0. The van der Waals surface area contributed by atoms with Crippen LogP contribution in [-0.4, -0.2) is 90.2 Å². The van der Waals surface area contributed by atoms with Crippen molar-refractivity contribution in [2.75, 3.05) is 53.0 Å². The van der Waals surface area contributed by atoms with Crippen molar-refractivity contribution in [1.29, 1.82) is 0 Å². The van der Waals surface area contributed by atoms with Crippen molar-refractivity contribution < 1.29 is 17.9 Å². The lowest BCUT2D eigenvalue weighted by molar-refractivity contribution is 0.144. The van der Waals surface area contributed by atoms with Crippen LogP contribution in [0.25, 0.3) is 22.3 Å². The van der Waals surface area contributed by atoms with Gasteiger partial charge in [-0.2, -0.15) is 4.31 Å². The molecule has 37 heavy (non-hydrogen) atoms. The van der Waals surface area contributed by atoms with Crippen LogP contribution in [0.15, 0.2) is 28.2 Å². The molecular weight excluding hydrogens is 496 g/mol. The first kappa shape index (κ1) is 25.8. The fourth-order valence-corrected chi connectivity index (χ4v) is 6.44. The van der Waals surface area contributed by atoms with Crippen LogP contribution in [0.5, 0.6) is 5.88 Å². The second kappa shape index (κ2) is 10.5. The van der Waals surface area contributed by atoms with E-state index in [9.17, 15) is 13.2 Å². The van der Waals surface area contributed by atoms with Crippen molar-refractivity contribution in [2.45, 2.75) is 38.1 Å². The molecule has 1 saturated heterocycles. The molecule has 2 aliphatic heterocycles. The Morgan fingerprint density at radius 2 is 1.95 bits per heavy atom. The predicted octanol–water partition coefficient (Wildman–Crippen LogP) is 1.72. The Bertz CT molecular complexity index is 1440. The number of hydrogen-bond donors (Lipinski definition) is 1. The molecule has 1 atom stereocenters. The van der Waals surface area contributed by atoms with Crippen LogP contribution in [0, 0.1) is 5.92 Å². The maximum atomic E-state index is 13.5. The third-order valence-corrected chi connectivity index (χ3v) is 9.15. The summed E-state index contributed by atoms with van der Waals surface area (Å²) in [5.41, 5.74) is 1.71. The molecule has 12 heteroatoms. The summed E-state index contributed by atoms with van der Waals surface area (Å²) in [7, 11) is -2.22. The largest absolute Gasteiger partial charge is 0.475 e. The maximum absolute atomic E-state index is 13.5. The van der Waals surface area contributed by atoms with E-state index in [0.29, 0.717) is 55.2 Å². The molecule has 0 radical (unpaired) electrons. The first-order valence-electron chi connectivity index (χ1n) is 12.8. The molecule has 3 aromatic heterocycles.